The van der Waals surface area contributed by atoms with Crippen molar-refractivity contribution in [2.24, 2.45) is 5.92 Å². The minimum Gasteiger partial charge on any atom is -0.366 e. The smallest absolute Gasteiger partial charge is 0.269 e. The van der Waals surface area contributed by atoms with Gasteiger partial charge in [-0.15, -0.1) is 0 Å². The topological polar surface area (TPSA) is 81.0 Å². The Labute approximate surface area is 157 Å². The summed E-state index contributed by atoms with van der Waals surface area (Å²) >= 11 is 0. The summed E-state index contributed by atoms with van der Waals surface area (Å²) in [4.78, 5) is 19.9. The van der Waals surface area contributed by atoms with Crippen LogP contribution < -0.4 is 5.32 Å². The van der Waals surface area contributed by atoms with E-state index in [9.17, 15) is 10.1 Å². The number of nitro groups is 1. The van der Waals surface area contributed by atoms with E-state index in [4.69, 9.17) is 4.98 Å². The molecule has 0 saturated heterocycles. The Morgan fingerprint density at radius 2 is 1.78 bits per heavy atom. The van der Waals surface area contributed by atoms with Gasteiger partial charge in [-0.25, -0.2) is 9.97 Å². The molecule has 0 amide bonds. The Kier molecular flexibility index (Phi) is 4.71. The molecule has 6 heteroatoms. The van der Waals surface area contributed by atoms with Crippen molar-refractivity contribution >= 4 is 22.4 Å². The molecule has 0 bridgehead atoms. The van der Waals surface area contributed by atoms with Crippen LogP contribution in [0.25, 0.3) is 22.3 Å². The molecule has 1 heterocycles. The van der Waals surface area contributed by atoms with Crippen molar-refractivity contribution in [3.63, 3.8) is 0 Å². The largest absolute Gasteiger partial charge is 0.366 e. The molecule has 2 atom stereocenters. The van der Waals surface area contributed by atoms with E-state index in [0.717, 1.165) is 28.7 Å². The van der Waals surface area contributed by atoms with Gasteiger partial charge in [0, 0.05) is 29.1 Å². The maximum Gasteiger partial charge on any atom is 0.269 e. The zero-order valence-corrected chi connectivity index (χ0v) is 15.3. The first kappa shape index (κ1) is 17.4. The van der Waals surface area contributed by atoms with Crippen LogP contribution in [0.1, 0.15) is 32.6 Å². The molecular formula is C21H22N4O2. The summed E-state index contributed by atoms with van der Waals surface area (Å²) in [5.74, 6) is 2.03. The fourth-order valence-corrected chi connectivity index (χ4v) is 3.75. The number of fused-ring (bicyclic) bond motifs is 1. The van der Waals surface area contributed by atoms with Crippen LogP contribution in [0.5, 0.6) is 0 Å². The predicted molar refractivity (Wildman–Crippen MR) is 107 cm³/mol. The second-order valence-electron chi connectivity index (χ2n) is 7.23. The molecule has 0 unspecified atom stereocenters. The first-order valence-electron chi connectivity index (χ1n) is 9.40. The second kappa shape index (κ2) is 7.31. The number of rotatable bonds is 4. The van der Waals surface area contributed by atoms with Gasteiger partial charge in [0.2, 0.25) is 0 Å². The monoisotopic (exact) mass is 362 g/mol. The average molecular weight is 362 g/mol. The van der Waals surface area contributed by atoms with Crippen molar-refractivity contribution in [1.29, 1.82) is 0 Å². The van der Waals surface area contributed by atoms with Crippen molar-refractivity contribution in [2.45, 2.75) is 38.6 Å². The lowest BCUT2D eigenvalue weighted by atomic mass is 9.86. The molecule has 0 aliphatic heterocycles. The third kappa shape index (κ3) is 3.60. The maximum absolute atomic E-state index is 10.9. The highest BCUT2D eigenvalue weighted by Crippen LogP contribution is 2.30. The van der Waals surface area contributed by atoms with E-state index in [1.165, 1.54) is 31.4 Å². The van der Waals surface area contributed by atoms with Crippen LogP contribution in [0, 0.1) is 16.0 Å². The lowest BCUT2D eigenvalue weighted by Crippen LogP contribution is -2.30. The maximum atomic E-state index is 10.9. The number of nitrogens with one attached hydrogen (secondary N) is 1. The quantitative estimate of drug-likeness (QED) is 0.510. The Bertz CT molecular complexity index is 972. The van der Waals surface area contributed by atoms with Gasteiger partial charge in [-0.3, -0.25) is 10.1 Å². The van der Waals surface area contributed by atoms with E-state index in [1.807, 2.05) is 24.3 Å². The third-order valence-electron chi connectivity index (χ3n) is 5.37. The van der Waals surface area contributed by atoms with Gasteiger partial charge in [0.25, 0.3) is 5.69 Å². The molecule has 1 saturated carbocycles. The van der Waals surface area contributed by atoms with Gasteiger partial charge in [-0.2, -0.15) is 0 Å². The summed E-state index contributed by atoms with van der Waals surface area (Å²) in [5, 5.41) is 15.5. The molecule has 1 aromatic heterocycles. The number of non-ortho nitro benzene ring substituents is 1. The minimum atomic E-state index is -0.400. The Balaban J connectivity index is 1.74. The van der Waals surface area contributed by atoms with Gasteiger partial charge in [0.1, 0.15) is 5.82 Å². The molecule has 0 radical (unpaired) electrons. The first-order valence-corrected chi connectivity index (χ1v) is 9.40. The van der Waals surface area contributed by atoms with E-state index >= 15 is 0 Å². The molecule has 3 aromatic rings. The minimum absolute atomic E-state index is 0.0638. The van der Waals surface area contributed by atoms with Crippen LogP contribution in [0.15, 0.2) is 48.5 Å². The van der Waals surface area contributed by atoms with Gasteiger partial charge in [-0.05, 0) is 43.0 Å². The number of nitro benzene ring substituents is 1. The number of para-hydroxylation sites is 1. The summed E-state index contributed by atoms with van der Waals surface area (Å²) in [6.45, 7) is 2.29. The van der Waals surface area contributed by atoms with Crippen LogP contribution in [0.4, 0.5) is 11.5 Å². The van der Waals surface area contributed by atoms with Gasteiger partial charge >= 0.3 is 0 Å². The Morgan fingerprint density at radius 3 is 2.52 bits per heavy atom. The highest BCUT2D eigenvalue weighted by atomic mass is 16.6. The molecule has 4 rings (SSSR count). The number of hydrogen-bond acceptors (Lipinski definition) is 5. The molecule has 1 fully saturated rings. The SMILES string of the molecule is C[C@@H]1CCCC[C@@H]1Nc1nc(-c2ccc([N+](=O)[O-])cc2)nc2ccccc12. The van der Waals surface area contributed by atoms with Gasteiger partial charge in [-0.1, -0.05) is 31.9 Å². The van der Waals surface area contributed by atoms with Crippen LogP contribution in [-0.4, -0.2) is 20.9 Å². The van der Waals surface area contributed by atoms with Gasteiger partial charge < -0.3 is 5.32 Å². The summed E-state index contributed by atoms with van der Waals surface area (Å²) < 4.78 is 0. The molecule has 1 aliphatic carbocycles. The Hall–Kier alpha value is -3.02. The van der Waals surface area contributed by atoms with Crippen molar-refractivity contribution < 1.29 is 4.92 Å². The molecule has 0 spiro atoms. The van der Waals surface area contributed by atoms with E-state index in [1.54, 1.807) is 12.1 Å². The number of nitrogens with zero attached hydrogens (tertiary/aromatic N) is 3. The zero-order valence-electron chi connectivity index (χ0n) is 15.3. The zero-order chi connectivity index (χ0) is 18.8. The van der Waals surface area contributed by atoms with Crippen LogP contribution in [-0.2, 0) is 0 Å². The molecule has 1 aliphatic rings. The van der Waals surface area contributed by atoms with Crippen LogP contribution in [0.3, 0.4) is 0 Å². The van der Waals surface area contributed by atoms with Gasteiger partial charge in [0.15, 0.2) is 5.82 Å². The summed E-state index contributed by atoms with van der Waals surface area (Å²) in [6.07, 6.45) is 4.90. The van der Waals surface area contributed by atoms with Crippen molar-refractivity contribution in [1.82, 2.24) is 9.97 Å². The highest BCUT2D eigenvalue weighted by molar-refractivity contribution is 5.90. The van der Waals surface area contributed by atoms with E-state index in [0.29, 0.717) is 17.8 Å². The van der Waals surface area contributed by atoms with Crippen molar-refractivity contribution in [3.8, 4) is 11.4 Å². The third-order valence-corrected chi connectivity index (χ3v) is 5.37. The fourth-order valence-electron chi connectivity index (χ4n) is 3.75. The van der Waals surface area contributed by atoms with Crippen LogP contribution in [0.2, 0.25) is 0 Å². The highest BCUT2D eigenvalue weighted by Gasteiger charge is 2.22. The van der Waals surface area contributed by atoms with E-state index in [-0.39, 0.29) is 5.69 Å². The number of anilines is 1. The molecule has 6 nitrogen and oxygen atoms in total. The summed E-state index contributed by atoms with van der Waals surface area (Å²) in [5.41, 5.74) is 1.70. The normalized spacial score (nSPS) is 19.7. The first-order chi connectivity index (χ1) is 13.1. The fraction of sp³-hybridized carbons (Fsp3) is 0.333. The molecule has 2 aromatic carbocycles. The average Bonchev–Trinajstić information content (AvgIpc) is 2.69. The van der Waals surface area contributed by atoms with Crippen molar-refractivity contribution in [3.05, 3.63) is 58.6 Å². The second-order valence-corrected chi connectivity index (χ2v) is 7.23. The lowest BCUT2D eigenvalue weighted by Gasteiger charge is -2.30. The lowest BCUT2D eigenvalue weighted by molar-refractivity contribution is -0.384. The van der Waals surface area contributed by atoms with Crippen molar-refractivity contribution in [2.75, 3.05) is 5.32 Å². The molecule has 138 valence electrons. The number of aromatic nitrogens is 2. The molecule has 1 N–H and O–H groups in total. The summed E-state index contributed by atoms with van der Waals surface area (Å²) in [7, 11) is 0. The van der Waals surface area contributed by atoms with E-state index in [2.05, 4.69) is 17.2 Å². The Morgan fingerprint density at radius 1 is 1.04 bits per heavy atom. The number of hydrogen-bond donors (Lipinski definition) is 1. The number of benzene rings is 2. The van der Waals surface area contributed by atoms with E-state index < -0.39 is 4.92 Å². The molecular weight excluding hydrogens is 340 g/mol. The predicted octanol–water partition coefficient (Wildman–Crippen LogP) is 5.20. The van der Waals surface area contributed by atoms with Crippen LogP contribution >= 0.6 is 0 Å². The van der Waals surface area contributed by atoms with Gasteiger partial charge in [0.05, 0.1) is 10.4 Å². The summed E-state index contributed by atoms with van der Waals surface area (Å²) in [6, 6.07) is 14.8. The standard InChI is InChI=1S/C21H22N4O2/c1-14-6-2-4-8-18(14)22-21-17-7-3-5-9-19(17)23-20(24-21)15-10-12-16(13-11-15)25(26)27/h3,5,7,9-14,18H,2,4,6,8H2,1H3,(H,22,23,24)/t14-,18+/m1/s1. The molecule has 27 heavy (non-hydrogen) atoms.